The van der Waals surface area contributed by atoms with E-state index >= 15 is 0 Å². The van der Waals surface area contributed by atoms with Crippen LogP contribution in [-0.4, -0.2) is 18.7 Å². The molecule has 0 heterocycles. The number of halogens is 2. The maximum Gasteiger partial charge on any atom is 0.277 e. The number of rotatable bonds is 5. The van der Waals surface area contributed by atoms with Gasteiger partial charge in [0.1, 0.15) is 5.75 Å². The zero-order valence-corrected chi connectivity index (χ0v) is 11.2. The molecule has 0 saturated heterocycles. The highest BCUT2D eigenvalue weighted by Gasteiger charge is 2.05. The first-order valence-corrected chi connectivity index (χ1v) is 5.90. The lowest BCUT2D eigenvalue weighted by atomic mass is 10.3. The Morgan fingerprint density at radius 3 is 2.94 bits per heavy atom. The highest BCUT2D eigenvalue weighted by atomic mass is 35.5. The molecule has 1 aromatic carbocycles. The molecule has 0 aliphatic heterocycles. The number of amides is 1. The van der Waals surface area contributed by atoms with E-state index in [2.05, 4.69) is 10.5 Å². The zero-order chi connectivity index (χ0) is 13.4. The fourth-order valence-corrected chi connectivity index (χ4v) is 1.47. The molecular formula is C12H12Cl2N2O2. The van der Waals surface area contributed by atoms with Crippen molar-refractivity contribution in [2.75, 3.05) is 6.61 Å². The lowest BCUT2D eigenvalue weighted by Gasteiger charge is -2.06. The SMILES string of the molecule is CC=CC=NNC(=O)COc1ccc(Cl)cc1Cl. The molecule has 0 atom stereocenters. The highest BCUT2D eigenvalue weighted by molar-refractivity contribution is 6.35. The Labute approximate surface area is 115 Å². The molecule has 1 N–H and O–H groups in total. The summed E-state index contributed by atoms with van der Waals surface area (Å²) in [5.41, 5.74) is 2.30. The minimum atomic E-state index is -0.373. The van der Waals surface area contributed by atoms with Crippen LogP contribution in [0.4, 0.5) is 0 Å². The third-order valence-electron chi connectivity index (χ3n) is 1.79. The summed E-state index contributed by atoms with van der Waals surface area (Å²) in [4.78, 5) is 11.3. The quantitative estimate of drug-likeness (QED) is 0.668. The third kappa shape index (κ3) is 5.21. The lowest BCUT2D eigenvalue weighted by molar-refractivity contribution is -0.123. The molecule has 0 unspecified atom stereocenters. The summed E-state index contributed by atoms with van der Waals surface area (Å²) in [6.45, 7) is 1.67. The molecule has 0 saturated carbocycles. The molecule has 18 heavy (non-hydrogen) atoms. The van der Waals surface area contributed by atoms with Crippen LogP contribution in [0.1, 0.15) is 6.92 Å². The largest absolute Gasteiger partial charge is 0.482 e. The number of ether oxygens (including phenoxy) is 1. The van der Waals surface area contributed by atoms with E-state index in [-0.39, 0.29) is 12.5 Å². The summed E-state index contributed by atoms with van der Waals surface area (Å²) in [7, 11) is 0. The molecule has 6 heteroatoms. The number of nitrogens with one attached hydrogen (secondary N) is 1. The summed E-state index contributed by atoms with van der Waals surface area (Å²) >= 11 is 11.6. The van der Waals surface area contributed by atoms with Crippen LogP contribution in [0.3, 0.4) is 0 Å². The molecule has 0 fully saturated rings. The molecule has 1 amide bonds. The Morgan fingerprint density at radius 1 is 1.50 bits per heavy atom. The van der Waals surface area contributed by atoms with Gasteiger partial charge in [0.25, 0.3) is 5.91 Å². The predicted molar refractivity (Wildman–Crippen MR) is 73.4 cm³/mol. The van der Waals surface area contributed by atoms with Crippen molar-refractivity contribution < 1.29 is 9.53 Å². The van der Waals surface area contributed by atoms with Gasteiger partial charge in [-0.3, -0.25) is 4.79 Å². The molecule has 4 nitrogen and oxygen atoms in total. The van der Waals surface area contributed by atoms with Crippen LogP contribution in [0.2, 0.25) is 10.0 Å². The summed E-state index contributed by atoms with van der Waals surface area (Å²) in [5, 5.41) is 4.53. The van der Waals surface area contributed by atoms with Gasteiger partial charge in [-0.15, -0.1) is 0 Å². The van der Waals surface area contributed by atoms with Crippen molar-refractivity contribution in [2.45, 2.75) is 6.92 Å². The predicted octanol–water partition coefficient (Wildman–Crippen LogP) is 3.05. The van der Waals surface area contributed by atoms with Crippen LogP contribution in [0.15, 0.2) is 35.5 Å². The highest BCUT2D eigenvalue weighted by Crippen LogP contribution is 2.27. The van der Waals surface area contributed by atoms with Crippen LogP contribution >= 0.6 is 23.2 Å². The van der Waals surface area contributed by atoms with E-state index in [1.165, 1.54) is 6.21 Å². The first-order chi connectivity index (χ1) is 8.63. The second-order valence-electron chi connectivity index (χ2n) is 3.20. The van der Waals surface area contributed by atoms with Crippen LogP contribution < -0.4 is 10.2 Å². The maximum absolute atomic E-state index is 11.3. The topological polar surface area (TPSA) is 50.7 Å². The summed E-state index contributed by atoms with van der Waals surface area (Å²) < 4.78 is 5.22. The minimum absolute atomic E-state index is 0.172. The lowest BCUT2D eigenvalue weighted by Crippen LogP contribution is -2.24. The van der Waals surface area contributed by atoms with Crippen molar-refractivity contribution in [2.24, 2.45) is 5.10 Å². The van der Waals surface area contributed by atoms with Crippen molar-refractivity contribution >= 4 is 35.3 Å². The Bertz CT molecular complexity index is 473. The fourth-order valence-electron chi connectivity index (χ4n) is 1.01. The second-order valence-corrected chi connectivity index (χ2v) is 4.05. The number of nitrogens with zero attached hydrogens (tertiary/aromatic N) is 1. The molecule has 96 valence electrons. The van der Waals surface area contributed by atoms with Crippen molar-refractivity contribution in [1.29, 1.82) is 0 Å². The fraction of sp³-hybridized carbons (Fsp3) is 0.167. The summed E-state index contributed by atoms with van der Waals surface area (Å²) in [5.74, 6) is 0.0235. The molecule has 0 bridgehead atoms. The van der Waals surface area contributed by atoms with E-state index < -0.39 is 0 Å². The van der Waals surface area contributed by atoms with Gasteiger partial charge in [0.05, 0.1) is 5.02 Å². The normalized spacial score (nSPS) is 11.1. The number of hydrogen-bond donors (Lipinski definition) is 1. The number of allylic oxidation sites excluding steroid dienone is 2. The molecular weight excluding hydrogens is 275 g/mol. The number of benzene rings is 1. The third-order valence-corrected chi connectivity index (χ3v) is 2.33. The van der Waals surface area contributed by atoms with Gasteiger partial charge in [0.2, 0.25) is 0 Å². The Hall–Kier alpha value is -1.52. The molecule has 0 aliphatic rings. The first kappa shape index (κ1) is 14.5. The van der Waals surface area contributed by atoms with Crippen molar-refractivity contribution in [3.8, 4) is 5.75 Å². The van der Waals surface area contributed by atoms with Gasteiger partial charge >= 0.3 is 0 Å². The van der Waals surface area contributed by atoms with Crippen LogP contribution in [0.5, 0.6) is 5.75 Å². The molecule has 1 rings (SSSR count). The first-order valence-electron chi connectivity index (χ1n) is 5.14. The molecule has 0 aromatic heterocycles. The van der Waals surface area contributed by atoms with E-state index in [1.807, 2.05) is 6.92 Å². The number of hydrazone groups is 1. The monoisotopic (exact) mass is 286 g/mol. The van der Waals surface area contributed by atoms with Crippen LogP contribution in [-0.2, 0) is 4.79 Å². The van der Waals surface area contributed by atoms with Gasteiger partial charge < -0.3 is 4.74 Å². The van der Waals surface area contributed by atoms with Gasteiger partial charge in [-0.25, -0.2) is 5.43 Å². The van der Waals surface area contributed by atoms with E-state index in [9.17, 15) is 4.79 Å². The summed E-state index contributed by atoms with van der Waals surface area (Å²) in [6, 6.07) is 4.77. The van der Waals surface area contributed by atoms with Gasteiger partial charge in [-0.05, 0) is 31.2 Å². The molecule has 0 radical (unpaired) electrons. The van der Waals surface area contributed by atoms with Gasteiger partial charge in [0.15, 0.2) is 6.61 Å². The second kappa shape index (κ2) is 7.74. The Morgan fingerprint density at radius 2 is 2.28 bits per heavy atom. The number of hydrogen-bond acceptors (Lipinski definition) is 3. The molecule has 0 spiro atoms. The van der Waals surface area contributed by atoms with Crippen molar-refractivity contribution in [3.05, 3.63) is 40.4 Å². The smallest absolute Gasteiger partial charge is 0.277 e. The van der Waals surface area contributed by atoms with Crippen LogP contribution in [0, 0.1) is 0 Å². The van der Waals surface area contributed by atoms with Gasteiger partial charge in [0, 0.05) is 11.2 Å². The Kier molecular flexibility index (Phi) is 6.25. The average Bonchev–Trinajstić information content (AvgIpc) is 2.33. The standard InChI is InChI=1S/C12H12Cl2N2O2/c1-2-3-6-15-16-12(17)8-18-11-5-4-9(13)7-10(11)14/h2-7H,8H2,1H3,(H,16,17). The van der Waals surface area contributed by atoms with Crippen LogP contribution in [0.25, 0.3) is 0 Å². The van der Waals surface area contributed by atoms with E-state index in [0.29, 0.717) is 15.8 Å². The summed E-state index contributed by atoms with van der Waals surface area (Å²) in [6.07, 6.45) is 4.95. The number of carbonyl (C=O) groups is 1. The van der Waals surface area contributed by atoms with E-state index in [1.54, 1.807) is 30.4 Å². The molecule has 1 aromatic rings. The number of carbonyl (C=O) groups excluding carboxylic acids is 1. The average molecular weight is 287 g/mol. The van der Waals surface area contributed by atoms with Crippen molar-refractivity contribution in [1.82, 2.24) is 5.43 Å². The van der Waals surface area contributed by atoms with E-state index in [0.717, 1.165) is 0 Å². The zero-order valence-electron chi connectivity index (χ0n) is 9.69. The Balaban J connectivity index is 2.42. The van der Waals surface area contributed by atoms with Gasteiger partial charge in [-0.2, -0.15) is 5.10 Å². The maximum atomic E-state index is 11.3. The van der Waals surface area contributed by atoms with E-state index in [4.69, 9.17) is 27.9 Å². The van der Waals surface area contributed by atoms with Crippen molar-refractivity contribution in [3.63, 3.8) is 0 Å². The molecule has 0 aliphatic carbocycles. The minimum Gasteiger partial charge on any atom is -0.482 e. The van der Waals surface area contributed by atoms with Gasteiger partial charge in [-0.1, -0.05) is 29.3 Å².